The van der Waals surface area contributed by atoms with E-state index in [9.17, 15) is 4.79 Å². The van der Waals surface area contributed by atoms with Crippen LogP contribution in [-0.2, 0) is 17.8 Å². The van der Waals surface area contributed by atoms with Crippen molar-refractivity contribution in [3.63, 3.8) is 0 Å². The third kappa shape index (κ3) is 3.69. The lowest BCUT2D eigenvalue weighted by Crippen LogP contribution is -1.99. The number of aromatic nitrogens is 3. The summed E-state index contributed by atoms with van der Waals surface area (Å²) in [5, 5.41) is 16.6. The number of carboxylic acid groups (broad SMARTS) is 1. The fourth-order valence-electron chi connectivity index (χ4n) is 1.72. The third-order valence-electron chi connectivity index (χ3n) is 2.60. The molecule has 18 heavy (non-hydrogen) atoms. The van der Waals surface area contributed by atoms with Crippen LogP contribution in [0.25, 0.3) is 0 Å². The van der Waals surface area contributed by atoms with Gasteiger partial charge in [0.2, 0.25) is 0 Å². The van der Waals surface area contributed by atoms with Crippen LogP contribution < -0.4 is 0 Å². The van der Waals surface area contributed by atoms with Crippen molar-refractivity contribution >= 4 is 5.97 Å². The zero-order valence-corrected chi connectivity index (χ0v) is 9.99. The highest BCUT2D eigenvalue weighted by Crippen LogP contribution is 2.04. The van der Waals surface area contributed by atoms with Gasteiger partial charge in [0.1, 0.15) is 0 Å². The molecule has 1 aromatic heterocycles. The Labute approximate surface area is 105 Å². The van der Waals surface area contributed by atoms with Gasteiger partial charge in [-0.05, 0) is 18.4 Å². The Balaban J connectivity index is 1.88. The second-order valence-electron chi connectivity index (χ2n) is 4.14. The summed E-state index contributed by atoms with van der Waals surface area (Å²) in [5.74, 6) is -0.772. The van der Waals surface area contributed by atoms with Crippen molar-refractivity contribution in [3.05, 3.63) is 47.8 Å². The molecule has 0 saturated heterocycles. The van der Waals surface area contributed by atoms with Crippen molar-refractivity contribution in [3.8, 4) is 0 Å². The van der Waals surface area contributed by atoms with Crippen molar-refractivity contribution in [2.24, 2.45) is 0 Å². The van der Waals surface area contributed by atoms with Crippen molar-refractivity contribution in [1.82, 2.24) is 15.0 Å². The predicted octanol–water partition coefficient (Wildman–Crippen LogP) is 1.73. The summed E-state index contributed by atoms with van der Waals surface area (Å²) in [4.78, 5) is 10.4. The summed E-state index contributed by atoms with van der Waals surface area (Å²) >= 11 is 0. The molecular weight excluding hydrogens is 230 g/mol. The van der Waals surface area contributed by atoms with Crippen LogP contribution in [0.15, 0.2) is 36.5 Å². The molecule has 1 aromatic carbocycles. The smallest absolute Gasteiger partial charge is 0.303 e. The number of nitrogens with zero attached hydrogens (tertiary/aromatic N) is 3. The Bertz CT molecular complexity index is 508. The van der Waals surface area contributed by atoms with Crippen LogP contribution in [0.3, 0.4) is 0 Å². The highest BCUT2D eigenvalue weighted by molar-refractivity contribution is 5.66. The fraction of sp³-hybridized carbons (Fsp3) is 0.308. The highest BCUT2D eigenvalue weighted by atomic mass is 16.4. The number of carboxylic acids is 1. The lowest BCUT2D eigenvalue weighted by molar-refractivity contribution is -0.137. The lowest BCUT2D eigenvalue weighted by atomic mass is 10.2. The molecule has 94 valence electrons. The van der Waals surface area contributed by atoms with E-state index in [-0.39, 0.29) is 6.42 Å². The molecule has 0 bridgehead atoms. The number of aliphatic carboxylic acids is 1. The SMILES string of the molecule is O=C(O)CCCc1cn(Cc2ccccc2)nn1. The first-order valence-electron chi connectivity index (χ1n) is 5.89. The summed E-state index contributed by atoms with van der Waals surface area (Å²) < 4.78 is 1.77. The maximum absolute atomic E-state index is 10.4. The second-order valence-corrected chi connectivity index (χ2v) is 4.14. The number of carbonyl (C=O) groups is 1. The van der Waals surface area contributed by atoms with Crippen LogP contribution in [-0.4, -0.2) is 26.1 Å². The minimum atomic E-state index is -0.772. The largest absolute Gasteiger partial charge is 0.481 e. The van der Waals surface area contributed by atoms with Gasteiger partial charge in [0, 0.05) is 12.6 Å². The van der Waals surface area contributed by atoms with Crippen LogP contribution in [0.4, 0.5) is 0 Å². The molecule has 0 fully saturated rings. The molecule has 0 aliphatic heterocycles. The van der Waals surface area contributed by atoms with E-state index < -0.39 is 5.97 Å². The van der Waals surface area contributed by atoms with E-state index in [1.54, 1.807) is 4.68 Å². The quantitative estimate of drug-likeness (QED) is 0.841. The maximum atomic E-state index is 10.4. The van der Waals surface area contributed by atoms with Gasteiger partial charge in [-0.1, -0.05) is 35.5 Å². The number of benzene rings is 1. The number of rotatable bonds is 6. The van der Waals surface area contributed by atoms with E-state index in [1.165, 1.54) is 5.56 Å². The molecule has 0 aliphatic carbocycles. The molecule has 5 heteroatoms. The molecule has 5 nitrogen and oxygen atoms in total. The molecule has 0 spiro atoms. The Kier molecular flexibility index (Phi) is 4.06. The van der Waals surface area contributed by atoms with Crippen molar-refractivity contribution in [2.75, 3.05) is 0 Å². The first-order chi connectivity index (χ1) is 8.74. The Hall–Kier alpha value is -2.17. The van der Waals surface area contributed by atoms with Crippen LogP contribution >= 0.6 is 0 Å². The van der Waals surface area contributed by atoms with Crippen LogP contribution in [0, 0.1) is 0 Å². The summed E-state index contributed by atoms with van der Waals surface area (Å²) in [6, 6.07) is 10.0. The third-order valence-corrected chi connectivity index (χ3v) is 2.60. The minimum Gasteiger partial charge on any atom is -0.481 e. The van der Waals surface area contributed by atoms with Gasteiger partial charge in [0.05, 0.1) is 12.2 Å². The van der Waals surface area contributed by atoms with Gasteiger partial charge in [-0.15, -0.1) is 5.10 Å². The van der Waals surface area contributed by atoms with E-state index in [4.69, 9.17) is 5.11 Å². The lowest BCUT2D eigenvalue weighted by Gasteiger charge is -1.99. The van der Waals surface area contributed by atoms with Gasteiger partial charge < -0.3 is 5.11 Å². The van der Waals surface area contributed by atoms with E-state index in [1.807, 2.05) is 36.5 Å². The van der Waals surface area contributed by atoms with E-state index in [2.05, 4.69) is 10.3 Å². The van der Waals surface area contributed by atoms with Crippen molar-refractivity contribution in [2.45, 2.75) is 25.8 Å². The van der Waals surface area contributed by atoms with Gasteiger partial charge in [-0.2, -0.15) is 0 Å². The molecule has 1 N–H and O–H groups in total. The van der Waals surface area contributed by atoms with Gasteiger partial charge in [-0.25, -0.2) is 4.68 Å². The molecule has 1 heterocycles. The van der Waals surface area contributed by atoms with Crippen molar-refractivity contribution in [1.29, 1.82) is 0 Å². The molecule has 0 aliphatic rings. The average molecular weight is 245 g/mol. The Morgan fingerprint density at radius 2 is 2.06 bits per heavy atom. The molecule has 0 saturated carbocycles. The zero-order chi connectivity index (χ0) is 12.8. The number of aryl methyl sites for hydroxylation is 1. The first-order valence-corrected chi connectivity index (χ1v) is 5.89. The molecule has 0 atom stereocenters. The average Bonchev–Trinajstić information content (AvgIpc) is 2.78. The second kappa shape index (κ2) is 5.95. The minimum absolute atomic E-state index is 0.172. The monoisotopic (exact) mass is 245 g/mol. The molecule has 0 amide bonds. The maximum Gasteiger partial charge on any atom is 0.303 e. The van der Waals surface area contributed by atoms with Crippen LogP contribution in [0.5, 0.6) is 0 Å². The molecular formula is C13H15N3O2. The zero-order valence-electron chi connectivity index (χ0n) is 9.99. The standard InChI is InChI=1S/C13H15N3O2/c17-13(18)8-4-7-12-10-16(15-14-12)9-11-5-2-1-3-6-11/h1-3,5-6,10H,4,7-9H2,(H,17,18). The fourth-order valence-corrected chi connectivity index (χ4v) is 1.72. The van der Waals surface area contributed by atoms with E-state index >= 15 is 0 Å². The van der Waals surface area contributed by atoms with Gasteiger partial charge in [-0.3, -0.25) is 4.79 Å². The topological polar surface area (TPSA) is 68.0 Å². The Morgan fingerprint density at radius 1 is 1.28 bits per heavy atom. The predicted molar refractivity (Wildman–Crippen MR) is 66.1 cm³/mol. The summed E-state index contributed by atoms with van der Waals surface area (Å²) in [6.07, 6.45) is 3.29. The van der Waals surface area contributed by atoms with Crippen molar-refractivity contribution < 1.29 is 9.90 Å². The number of hydrogen-bond acceptors (Lipinski definition) is 3. The van der Waals surface area contributed by atoms with E-state index in [0.717, 1.165) is 5.69 Å². The van der Waals surface area contributed by atoms with Gasteiger partial charge in [0.15, 0.2) is 0 Å². The highest BCUT2D eigenvalue weighted by Gasteiger charge is 2.03. The Morgan fingerprint density at radius 3 is 2.78 bits per heavy atom. The molecule has 2 rings (SSSR count). The normalized spacial score (nSPS) is 10.4. The van der Waals surface area contributed by atoms with Gasteiger partial charge >= 0.3 is 5.97 Å². The van der Waals surface area contributed by atoms with E-state index in [0.29, 0.717) is 19.4 Å². The summed E-state index contributed by atoms with van der Waals surface area (Å²) in [6.45, 7) is 0.687. The van der Waals surface area contributed by atoms with Crippen LogP contribution in [0.1, 0.15) is 24.1 Å². The first kappa shape index (κ1) is 12.3. The van der Waals surface area contributed by atoms with Crippen LogP contribution in [0.2, 0.25) is 0 Å². The molecule has 2 aromatic rings. The summed E-state index contributed by atoms with van der Waals surface area (Å²) in [5.41, 5.74) is 2.01. The molecule has 0 unspecified atom stereocenters. The number of hydrogen-bond donors (Lipinski definition) is 1. The van der Waals surface area contributed by atoms with Gasteiger partial charge in [0.25, 0.3) is 0 Å². The molecule has 0 radical (unpaired) electrons. The summed E-state index contributed by atoms with van der Waals surface area (Å²) in [7, 11) is 0.